The molecule has 0 saturated heterocycles. The third-order valence-electron chi connectivity index (χ3n) is 4.65. The molecule has 35 heavy (non-hydrogen) atoms. The van der Waals surface area contributed by atoms with Crippen LogP contribution in [-0.2, 0) is 24.0 Å². The summed E-state index contributed by atoms with van der Waals surface area (Å²) < 4.78 is 0. The number of aliphatic hydroxyl groups is 1. The van der Waals surface area contributed by atoms with E-state index in [9.17, 15) is 29.1 Å². The number of carbonyl (C=O) groups excluding carboxylic acids is 4. The number of aliphatic carboxylic acids is 1. The van der Waals surface area contributed by atoms with E-state index in [-0.39, 0.29) is 44.6 Å². The molecule has 0 bridgehead atoms. The smallest absolute Gasteiger partial charge is 0.326 e. The number of thioether (sulfide) groups is 1. The predicted molar refractivity (Wildman–Crippen MR) is 130 cm³/mol. The second-order valence-corrected chi connectivity index (χ2v) is 8.53. The number of amides is 4. The lowest BCUT2D eigenvalue weighted by atomic mass is 10.1. The molecule has 0 rings (SSSR count). The van der Waals surface area contributed by atoms with Gasteiger partial charge in [0.15, 0.2) is 5.96 Å². The number of aliphatic imine (C=N–C) groups is 1. The number of carboxylic acid groups (broad SMARTS) is 1. The van der Waals surface area contributed by atoms with Crippen molar-refractivity contribution in [2.45, 2.75) is 56.3 Å². The molecule has 13 N–H and O–H groups in total. The third-order valence-corrected chi connectivity index (χ3v) is 5.29. The number of aliphatic hydroxyl groups excluding tert-OH is 1. The Bertz CT molecular complexity index is 763. The van der Waals surface area contributed by atoms with Crippen molar-refractivity contribution in [1.29, 1.82) is 0 Å². The zero-order chi connectivity index (χ0) is 27.0. The Morgan fingerprint density at radius 1 is 0.886 bits per heavy atom. The van der Waals surface area contributed by atoms with Crippen LogP contribution in [-0.4, -0.2) is 95.1 Å². The quantitative estimate of drug-likeness (QED) is 0.0475. The number of nitrogens with zero attached hydrogens (tertiary/aromatic N) is 1. The fourth-order valence-electron chi connectivity index (χ4n) is 2.73. The molecule has 16 heteroatoms. The number of guanidine groups is 1. The molecule has 4 amide bonds. The molecule has 4 unspecified atom stereocenters. The summed E-state index contributed by atoms with van der Waals surface area (Å²) in [4.78, 5) is 64.4. The van der Waals surface area contributed by atoms with Gasteiger partial charge < -0.3 is 49.1 Å². The Kier molecular flexibility index (Phi) is 15.8. The summed E-state index contributed by atoms with van der Waals surface area (Å²) in [5.74, 6) is -4.12. The number of carbonyl (C=O) groups is 5. The molecule has 0 aliphatic rings. The summed E-state index contributed by atoms with van der Waals surface area (Å²) in [7, 11) is 0. The first-order valence-corrected chi connectivity index (χ1v) is 12.1. The number of primary amides is 1. The predicted octanol–water partition coefficient (Wildman–Crippen LogP) is -4.08. The lowest BCUT2D eigenvalue weighted by molar-refractivity contribution is -0.142. The van der Waals surface area contributed by atoms with Crippen molar-refractivity contribution in [3.63, 3.8) is 0 Å². The standard InChI is InChI=1S/C19H36N8O7S/c1-35-8-6-13(18(33)34)27-17(32)12(4-5-14(21)29)26-16(31)11(3-2-7-24-19(22)23)25-15(30)10(20)9-28/h10-13,28H,2-9,20H2,1H3,(H2,21,29)(H,25,30)(H,26,31)(H,27,32)(H,33,34)(H4,22,23,24). The second-order valence-electron chi connectivity index (χ2n) is 7.55. The van der Waals surface area contributed by atoms with Gasteiger partial charge in [-0.2, -0.15) is 11.8 Å². The summed E-state index contributed by atoms with van der Waals surface area (Å²) in [6.45, 7) is -0.514. The highest BCUT2D eigenvalue weighted by Gasteiger charge is 2.30. The minimum Gasteiger partial charge on any atom is -0.480 e. The topological polar surface area (TPSA) is 278 Å². The van der Waals surface area contributed by atoms with E-state index in [1.807, 2.05) is 0 Å². The highest BCUT2D eigenvalue weighted by atomic mass is 32.2. The molecule has 0 aromatic carbocycles. The van der Waals surface area contributed by atoms with E-state index in [1.165, 1.54) is 11.8 Å². The van der Waals surface area contributed by atoms with Crippen molar-refractivity contribution in [2.75, 3.05) is 25.2 Å². The van der Waals surface area contributed by atoms with Crippen LogP contribution in [0.1, 0.15) is 32.1 Å². The van der Waals surface area contributed by atoms with E-state index in [4.69, 9.17) is 28.0 Å². The Hall–Kier alpha value is -3.11. The molecule has 15 nitrogen and oxygen atoms in total. The number of nitrogens with one attached hydrogen (secondary N) is 3. The minimum absolute atomic E-state index is 0.0438. The summed E-state index contributed by atoms with van der Waals surface area (Å²) in [6.07, 6.45) is 1.76. The number of hydrogen-bond acceptors (Lipinski definition) is 9. The minimum atomic E-state index is -1.31. The molecule has 0 spiro atoms. The first kappa shape index (κ1) is 31.9. The van der Waals surface area contributed by atoms with Gasteiger partial charge in [0.05, 0.1) is 6.61 Å². The largest absolute Gasteiger partial charge is 0.480 e. The van der Waals surface area contributed by atoms with Crippen molar-refractivity contribution in [3.8, 4) is 0 Å². The maximum Gasteiger partial charge on any atom is 0.326 e. The Labute approximate surface area is 207 Å². The SMILES string of the molecule is CSCCC(NC(=O)C(CCC(N)=O)NC(=O)C(CCCN=C(N)N)NC(=O)C(N)CO)C(=O)O. The Morgan fingerprint density at radius 2 is 1.43 bits per heavy atom. The van der Waals surface area contributed by atoms with E-state index < -0.39 is 60.4 Å². The molecule has 200 valence electrons. The van der Waals surface area contributed by atoms with Crippen LogP contribution in [0.15, 0.2) is 4.99 Å². The summed E-state index contributed by atoms with van der Waals surface area (Å²) in [5.41, 5.74) is 21.2. The van der Waals surface area contributed by atoms with Crippen molar-refractivity contribution in [1.82, 2.24) is 16.0 Å². The molecule has 0 aromatic rings. The summed E-state index contributed by atoms with van der Waals surface area (Å²) in [5, 5.41) is 25.6. The highest BCUT2D eigenvalue weighted by molar-refractivity contribution is 7.98. The Balaban J connectivity index is 5.57. The van der Waals surface area contributed by atoms with E-state index >= 15 is 0 Å². The van der Waals surface area contributed by atoms with Crippen LogP contribution in [0.5, 0.6) is 0 Å². The number of hydrogen-bond donors (Lipinski definition) is 9. The molecular formula is C19H36N8O7S. The van der Waals surface area contributed by atoms with Gasteiger partial charge in [-0.3, -0.25) is 24.2 Å². The van der Waals surface area contributed by atoms with Crippen LogP contribution in [0, 0.1) is 0 Å². The van der Waals surface area contributed by atoms with E-state index in [0.717, 1.165) is 0 Å². The van der Waals surface area contributed by atoms with Crippen LogP contribution in [0.4, 0.5) is 0 Å². The van der Waals surface area contributed by atoms with Crippen LogP contribution < -0.4 is 38.9 Å². The Morgan fingerprint density at radius 3 is 1.91 bits per heavy atom. The normalized spacial score (nSPS) is 14.0. The van der Waals surface area contributed by atoms with Crippen LogP contribution in [0.3, 0.4) is 0 Å². The summed E-state index contributed by atoms with van der Waals surface area (Å²) >= 11 is 1.39. The number of nitrogens with two attached hydrogens (primary N) is 4. The van der Waals surface area contributed by atoms with E-state index in [0.29, 0.717) is 5.75 Å². The first-order chi connectivity index (χ1) is 16.4. The van der Waals surface area contributed by atoms with Gasteiger partial charge in [0.25, 0.3) is 0 Å². The van der Waals surface area contributed by atoms with Crippen molar-refractivity contribution >= 4 is 47.3 Å². The van der Waals surface area contributed by atoms with Gasteiger partial charge >= 0.3 is 5.97 Å². The third kappa shape index (κ3) is 14.0. The van der Waals surface area contributed by atoms with Crippen molar-refractivity contribution in [2.24, 2.45) is 27.9 Å². The van der Waals surface area contributed by atoms with E-state index in [2.05, 4.69) is 20.9 Å². The monoisotopic (exact) mass is 520 g/mol. The van der Waals surface area contributed by atoms with Crippen molar-refractivity contribution in [3.05, 3.63) is 0 Å². The molecule has 0 aliphatic heterocycles. The lowest BCUT2D eigenvalue weighted by Gasteiger charge is -2.25. The fourth-order valence-corrected chi connectivity index (χ4v) is 3.20. The van der Waals surface area contributed by atoms with Crippen LogP contribution in [0.25, 0.3) is 0 Å². The molecule has 0 aromatic heterocycles. The van der Waals surface area contributed by atoms with Gasteiger partial charge in [-0.25, -0.2) is 4.79 Å². The molecule has 0 aliphatic carbocycles. The second kappa shape index (κ2) is 17.3. The zero-order valence-corrected chi connectivity index (χ0v) is 20.4. The summed E-state index contributed by atoms with van der Waals surface area (Å²) in [6, 6.07) is -5.00. The number of rotatable bonds is 18. The maximum absolute atomic E-state index is 12.9. The van der Waals surface area contributed by atoms with Crippen molar-refractivity contribution < 1.29 is 34.2 Å². The zero-order valence-electron chi connectivity index (χ0n) is 19.6. The maximum atomic E-state index is 12.9. The van der Waals surface area contributed by atoms with Crippen LogP contribution >= 0.6 is 11.8 Å². The van der Waals surface area contributed by atoms with Gasteiger partial charge in [-0.15, -0.1) is 0 Å². The molecule has 0 radical (unpaired) electrons. The molecular weight excluding hydrogens is 484 g/mol. The van der Waals surface area contributed by atoms with Gasteiger partial charge in [-0.1, -0.05) is 0 Å². The fraction of sp³-hybridized carbons (Fsp3) is 0.684. The highest BCUT2D eigenvalue weighted by Crippen LogP contribution is 2.06. The average molecular weight is 521 g/mol. The molecule has 0 fully saturated rings. The first-order valence-electron chi connectivity index (χ1n) is 10.8. The van der Waals surface area contributed by atoms with Gasteiger partial charge in [0.2, 0.25) is 23.6 Å². The van der Waals surface area contributed by atoms with Gasteiger partial charge in [-0.05, 0) is 37.7 Å². The molecule has 4 atom stereocenters. The lowest BCUT2D eigenvalue weighted by Crippen LogP contribution is -2.57. The number of carboxylic acids is 1. The van der Waals surface area contributed by atoms with Gasteiger partial charge in [0, 0.05) is 13.0 Å². The molecule has 0 saturated carbocycles. The average Bonchev–Trinajstić information content (AvgIpc) is 2.79. The van der Waals surface area contributed by atoms with Crippen LogP contribution in [0.2, 0.25) is 0 Å². The van der Waals surface area contributed by atoms with Gasteiger partial charge in [0.1, 0.15) is 24.2 Å². The molecule has 0 heterocycles. The van der Waals surface area contributed by atoms with E-state index in [1.54, 1.807) is 6.26 Å².